The van der Waals surface area contributed by atoms with Gasteiger partial charge in [-0.05, 0) is 33.2 Å². The summed E-state index contributed by atoms with van der Waals surface area (Å²) in [6.45, 7) is 5.13. The molecule has 2 unspecified atom stereocenters. The van der Waals surface area contributed by atoms with Crippen LogP contribution in [0.3, 0.4) is 0 Å². The summed E-state index contributed by atoms with van der Waals surface area (Å²) in [5.41, 5.74) is 0. The number of hydrogen-bond donors (Lipinski definition) is 0. The number of nitrogens with zero attached hydrogens (tertiary/aromatic N) is 1. The fourth-order valence-corrected chi connectivity index (χ4v) is 2.00. The van der Waals surface area contributed by atoms with Gasteiger partial charge in [-0.2, -0.15) is 0 Å². The van der Waals surface area contributed by atoms with Crippen molar-refractivity contribution in [2.24, 2.45) is 0 Å². The van der Waals surface area contributed by atoms with Gasteiger partial charge in [0.25, 0.3) is 0 Å². The van der Waals surface area contributed by atoms with Crippen molar-refractivity contribution < 1.29 is 9.53 Å². The molecular weight excluding hydrogens is 202 g/mol. The number of hydrogen-bond acceptors (Lipinski definition) is 3. The Morgan fingerprint density at radius 3 is 2.64 bits per heavy atom. The Kier molecular flexibility index (Phi) is 6.12. The van der Waals surface area contributed by atoms with Gasteiger partial charge >= 0.3 is 5.97 Å². The van der Waals surface area contributed by atoms with Crippen LogP contribution in [0.2, 0.25) is 0 Å². The van der Waals surface area contributed by atoms with Gasteiger partial charge in [0.05, 0.1) is 7.11 Å². The molecule has 1 rings (SSSR count). The maximum atomic E-state index is 11.3. The molecule has 0 aromatic rings. The van der Waals surface area contributed by atoms with Crippen LogP contribution in [0.5, 0.6) is 0 Å². The van der Waals surface area contributed by atoms with Gasteiger partial charge in [0, 0.05) is 6.04 Å². The van der Waals surface area contributed by atoms with E-state index in [4.69, 9.17) is 4.74 Å². The van der Waals surface area contributed by atoms with Crippen LogP contribution in [0.15, 0.2) is 0 Å². The molecule has 0 radical (unpaired) electrons. The average Bonchev–Trinajstić information content (AvgIpc) is 2.16. The van der Waals surface area contributed by atoms with E-state index in [1.165, 1.54) is 26.4 Å². The molecular formula is C10H20ClNO2. The van der Waals surface area contributed by atoms with Crippen molar-refractivity contribution >= 4 is 18.4 Å². The van der Waals surface area contributed by atoms with Gasteiger partial charge in [-0.15, -0.1) is 12.4 Å². The van der Waals surface area contributed by atoms with E-state index in [2.05, 4.69) is 11.8 Å². The first-order chi connectivity index (χ1) is 6.16. The third-order valence-corrected chi connectivity index (χ3v) is 2.89. The van der Waals surface area contributed by atoms with Gasteiger partial charge in [0.1, 0.15) is 6.04 Å². The van der Waals surface area contributed by atoms with Crippen LogP contribution in [0.25, 0.3) is 0 Å². The summed E-state index contributed by atoms with van der Waals surface area (Å²) in [6.07, 6.45) is 3.68. The lowest BCUT2D eigenvalue weighted by atomic mass is 10.0. The topological polar surface area (TPSA) is 29.5 Å². The highest BCUT2D eigenvalue weighted by atomic mass is 35.5. The Hall–Kier alpha value is -0.280. The molecule has 1 fully saturated rings. The van der Waals surface area contributed by atoms with Crippen LogP contribution >= 0.6 is 12.4 Å². The first-order valence-electron chi connectivity index (χ1n) is 5.00. The van der Waals surface area contributed by atoms with Crippen LogP contribution in [-0.4, -0.2) is 36.6 Å². The Balaban J connectivity index is 0.00000169. The van der Waals surface area contributed by atoms with Crippen molar-refractivity contribution in [3.8, 4) is 0 Å². The van der Waals surface area contributed by atoms with E-state index in [1.807, 2.05) is 6.92 Å². The van der Waals surface area contributed by atoms with Gasteiger partial charge in [-0.1, -0.05) is 6.42 Å². The van der Waals surface area contributed by atoms with Gasteiger partial charge in [0.15, 0.2) is 0 Å². The number of carbonyl (C=O) groups excluding carboxylic acids is 1. The molecule has 1 aliphatic heterocycles. The molecule has 0 amide bonds. The molecule has 0 aromatic carbocycles. The van der Waals surface area contributed by atoms with Gasteiger partial charge in [0.2, 0.25) is 0 Å². The molecule has 0 spiro atoms. The molecule has 0 N–H and O–H groups in total. The van der Waals surface area contributed by atoms with Crippen molar-refractivity contribution in [2.75, 3.05) is 13.7 Å². The molecule has 0 saturated carbocycles. The van der Waals surface area contributed by atoms with Crippen LogP contribution in [0.4, 0.5) is 0 Å². The molecule has 0 aliphatic carbocycles. The summed E-state index contributed by atoms with van der Waals surface area (Å²) in [5.74, 6) is -0.117. The molecule has 84 valence electrons. The lowest BCUT2D eigenvalue weighted by Gasteiger charge is -2.36. The van der Waals surface area contributed by atoms with Gasteiger partial charge < -0.3 is 4.74 Å². The van der Waals surface area contributed by atoms with Crippen LogP contribution in [0, 0.1) is 0 Å². The first kappa shape index (κ1) is 13.7. The van der Waals surface area contributed by atoms with E-state index < -0.39 is 0 Å². The van der Waals surface area contributed by atoms with Crippen LogP contribution in [0.1, 0.15) is 33.1 Å². The smallest absolute Gasteiger partial charge is 0.322 e. The van der Waals surface area contributed by atoms with E-state index in [0.717, 1.165) is 6.54 Å². The summed E-state index contributed by atoms with van der Waals surface area (Å²) in [5, 5.41) is 0. The second-order valence-electron chi connectivity index (χ2n) is 3.78. The molecule has 2 atom stereocenters. The van der Waals surface area contributed by atoms with Crippen LogP contribution in [-0.2, 0) is 9.53 Å². The fourth-order valence-electron chi connectivity index (χ4n) is 2.00. The third kappa shape index (κ3) is 3.14. The second kappa shape index (κ2) is 6.25. The van der Waals surface area contributed by atoms with Crippen molar-refractivity contribution in [1.82, 2.24) is 4.90 Å². The zero-order chi connectivity index (χ0) is 9.84. The number of carbonyl (C=O) groups is 1. The molecule has 4 heteroatoms. The minimum Gasteiger partial charge on any atom is -0.468 e. The molecule has 1 saturated heterocycles. The number of likely N-dealkylation sites (tertiary alicyclic amines) is 1. The zero-order valence-electron chi connectivity index (χ0n) is 9.16. The van der Waals surface area contributed by atoms with E-state index in [9.17, 15) is 4.79 Å². The quantitative estimate of drug-likeness (QED) is 0.667. The van der Waals surface area contributed by atoms with Crippen molar-refractivity contribution in [3.63, 3.8) is 0 Å². The van der Waals surface area contributed by atoms with E-state index in [0.29, 0.717) is 6.04 Å². The largest absolute Gasteiger partial charge is 0.468 e. The van der Waals surface area contributed by atoms with E-state index in [-0.39, 0.29) is 24.4 Å². The minimum absolute atomic E-state index is 0. The summed E-state index contributed by atoms with van der Waals surface area (Å²) in [4.78, 5) is 13.5. The van der Waals surface area contributed by atoms with Crippen molar-refractivity contribution in [3.05, 3.63) is 0 Å². The number of methoxy groups -OCH3 is 1. The highest BCUT2D eigenvalue weighted by Crippen LogP contribution is 2.19. The highest BCUT2D eigenvalue weighted by molar-refractivity contribution is 5.85. The number of piperidine rings is 1. The van der Waals surface area contributed by atoms with E-state index in [1.54, 1.807) is 0 Å². The molecule has 14 heavy (non-hydrogen) atoms. The summed E-state index contributed by atoms with van der Waals surface area (Å²) >= 11 is 0. The third-order valence-electron chi connectivity index (χ3n) is 2.89. The maximum absolute atomic E-state index is 11.3. The Morgan fingerprint density at radius 2 is 2.14 bits per heavy atom. The van der Waals surface area contributed by atoms with Crippen LogP contribution < -0.4 is 0 Å². The Bertz CT molecular complexity index is 187. The van der Waals surface area contributed by atoms with E-state index >= 15 is 0 Å². The lowest BCUT2D eigenvalue weighted by Crippen LogP contribution is -2.47. The summed E-state index contributed by atoms with van der Waals surface area (Å²) in [7, 11) is 1.45. The standard InChI is InChI=1S/C10H19NO2.ClH/c1-8-6-4-5-7-11(8)9(2)10(12)13-3;/h8-9H,4-7H2,1-3H3;1H. The Labute approximate surface area is 92.2 Å². The average molecular weight is 222 g/mol. The normalized spacial score (nSPS) is 24.9. The van der Waals surface area contributed by atoms with Crippen molar-refractivity contribution in [1.29, 1.82) is 0 Å². The Morgan fingerprint density at radius 1 is 1.50 bits per heavy atom. The zero-order valence-corrected chi connectivity index (χ0v) is 9.97. The fraction of sp³-hybridized carbons (Fsp3) is 0.900. The molecule has 0 bridgehead atoms. The molecule has 0 aromatic heterocycles. The monoisotopic (exact) mass is 221 g/mol. The minimum atomic E-state index is -0.117. The predicted molar refractivity (Wildman–Crippen MR) is 58.7 cm³/mol. The second-order valence-corrected chi connectivity index (χ2v) is 3.78. The highest BCUT2D eigenvalue weighted by Gasteiger charge is 2.27. The summed E-state index contributed by atoms with van der Waals surface area (Å²) < 4.78 is 4.73. The van der Waals surface area contributed by atoms with Crippen molar-refractivity contribution in [2.45, 2.75) is 45.2 Å². The number of ether oxygens (including phenoxy) is 1. The lowest BCUT2D eigenvalue weighted by molar-refractivity contribution is -0.147. The predicted octanol–water partition coefficient (Wildman–Crippen LogP) is 1.84. The summed E-state index contributed by atoms with van der Waals surface area (Å²) in [6, 6.07) is 0.433. The molecule has 1 heterocycles. The van der Waals surface area contributed by atoms with Gasteiger partial charge in [-0.3, -0.25) is 9.69 Å². The number of rotatable bonds is 2. The first-order valence-corrected chi connectivity index (χ1v) is 5.00. The number of halogens is 1. The molecule has 3 nitrogen and oxygen atoms in total. The molecule has 1 aliphatic rings. The SMILES string of the molecule is COC(=O)C(C)N1CCCCC1C.Cl. The van der Waals surface area contributed by atoms with Gasteiger partial charge in [-0.25, -0.2) is 0 Å². The number of esters is 1. The maximum Gasteiger partial charge on any atom is 0.322 e.